The number of hydrogen-bond donors (Lipinski definition) is 1. The Hall–Kier alpha value is -0.570. The highest BCUT2D eigenvalue weighted by Crippen LogP contribution is 2.16. The molecule has 1 N–H and O–H groups in total. The van der Waals surface area contributed by atoms with Crippen LogP contribution in [0.25, 0.3) is 0 Å². The molecule has 0 saturated carbocycles. The normalized spacial score (nSPS) is 11.9. The molecule has 0 aliphatic heterocycles. The van der Waals surface area contributed by atoms with Gasteiger partial charge in [-0.2, -0.15) is 0 Å². The van der Waals surface area contributed by atoms with Crippen LogP contribution < -0.4 is 0 Å². The second-order valence-electron chi connectivity index (χ2n) is 5.35. The van der Waals surface area contributed by atoms with Gasteiger partial charge in [0.1, 0.15) is 5.60 Å². The molecule has 0 aliphatic rings. The lowest BCUT2D eigenvalue weighted by molar-refractivity contribution is -0.157. The molecule has 0 saturated heterocycles. The SMILES string of the molecule is CC(C)CCCCC(=O)OC(C)(C)CCO. The second kappa shape index (κ2) is 7.66. The van der Waals surface area contributed by atoms with Crippen LogP contribution in [-0.4, -0.2) is 23.3 Å². The van der Waals surface area contributed by atoms with Crippen LogP contribution in [0.15, 0.2) is 0 Å². The Kier molecular flexibility index (Phi) is 7.39. The van der Waals surface area contributed by atoms with Crippen LogP contribution in [0.1, 0.15) is 59.8 Å². The molecule has 0 bridgehead atoms. The fourth-order valence-electron chi connectivity index (χ4n) is 1.50. The standard InChI is InChI=1S/C13H26O3/c1-11(2)7-5-6-8-12(15)16-13(3,4)9-10-14/h11,14H,5-10H2,1-4H3. The molecule has 0 aromatic rings. The summed E-state index contributed by atoms with van der Waals surface area (Å²) < 4.78 is 5.29. The summed E-state index contributed by atoms with van der Waals surface area (Å²) in [6.45, 7) is 8.07. The highest BCUT2D eigenvalue weighted by Gasteiger charge is 2.21. The fourth-order valence-corrected chi connectivity index (χ4v) is 1.50. The molecule has 0 fully saturated rings. The van der Waals surface area contributed by atoms with E-state index in [0.29, 0.717) is 18.8 Å². The summed E-state index contributed by atoms with van der Waals surface area (Å²) in [7, 11) is 0. The van der Waals surface area contributed by atoms with Crippen LogP contribution in [0.2, 0.25) is 0 Å². The Morgan fingerprint density at radius 1 is 1.31 bits per heavy atom. The van der Waals surface area contributed by atoms with E-state index in [1.54, 1.807) is 0 Å². The van der Waals surface area contributed by atoms with Crippen molar-refractivity contribution < 1.29 is 14.6 Å². The number of carbonyl (C=O) groups is 1. The predicted molar refractivity (Wildman–Crippen MR) is 65.2 cm³/mol. The van der Waals surface area contributed by atoms with Crippen molar-refractivity contribution in [1.82, 2.24) is 0 Å². The topological polar surface area (TPSA) is 46.5 Å². The third kappa shape index (κ3) is 8.72. The molecule has 0 aromatic heterocycles. The summed E-state index contributed by atoms with van der Waals surface area (Å²) in [5.41, 5.74) is -0.538. The summed E-state index contributed by atoms with van der Waals surface area (Å²) in [4.78, 5) is 11.5. The van der Waals surface area contributed by atoms with E-state index in [1.165, 1.54) is 0 Å². The highest BCUT2D eigenvalue weighted by molar-refractivity contribution is 5.69. The van der Waals surface area contributed by atoms with Crippen molar-refractivity contribution in [3.63, 3.8) is 0 Å². The fraction of sp³-hybridized carbons (Fsp3) is 0.923. The zero-order valence-electron chi connectivity index (χ0n) is 11.1. The van der Waals surface area contributed by atoms with Crippen LogP contribution in [0, 0.1) is 5.92 Å². The van der Waals surface area contributed by atoms with Crippen molar-refractivity contribution in [1.29, 1.82) is 0 Å². The van der Waals surface area contributed by atoms with Gasteiger partial charge < -0.3 is 9.84 Å². The first-order valence-electron chi connectivity index (χ1n) is 6.20. The Balaban J connectivity index is 3.66. The van der Waals surface area contributed by atoms with Crippen molar-refractivity contribution in [2.45, 2.75) is 65.4 Å². The molecule has 0 aromatic carbocycles. The van der Waals surface area contributed by atoms with Gasteiger partial charge in [0.05, 0.1) is 0 Å². The van der Waals surface area contributed by atoms with E-state index >= 15 is 0 Å². The average molecular weight is 230 g/mol. The third-order valence-electron chi connectivity index (χ3n) is 2.52. The van der Waals surface area contributed by atoms with Crippen molar-refractivity contribution in [3.05, 3.63) is 0 Å². The predicted octanol–water partition coefficient (Wildman–Crippen LogP) is 2.91. The number of carbonyl (C=O) groups excluding carboxylic acids is 1. The van der Waals surface area contributed by atoms with Gasteiger partial charge >= 0.3 is 5.97 Å². The van der Waals surface area contributed by atoms with Gasteiger partial charge in [-0.15, -0.1) is 0 Å². The quantitative estimate of drug-likeness (QED) is 0.515. The average Bonchev–Trinajstić information content (AvgIpc) is 2.11. The zero-order chi connectivity index (χ0) is 12.6. The van der Waals surface area contributed by atoms with Crippen LogP contribution in [0.4, 0.5) is 0 Å². The minimum absolute atomic E-state index is 0.0492. The van der Waals surface area contributed by atoms with Crippen molar-refractivity contribution in [3.8, 4) is 0 Å². The Bertz CT molecular complexity index is 197. The van der Waals surface area contributed by atoms with Gasteiger partial charge in [-0.3, -0.25) is 4.79 Å². The number of esters is 1. The van der Waals surface area contributed by atoms with Crippen molar-refractivity contribution in [2.24, 2.45) is 5.92 Å². The van der Waals surface area contributed by atoms with E-state index in [4.69, 9.17) is 9.84 Å². The third-order valence-corrected chi connectivity index (χ3v) is 2.52. The molecular formula is C13H26O3. The maximum Gasteiger partial charge on any atom is 0.306 e. The molecule has 0 rings (SSSR count). The van der Waals surface area contributed by atoms with E-state index in [2.05, 4.69) is 13.8 Å². The summed E-state index contributed by atoms with van der Waals surface area (Å²) in [5, 5.41) is 8.80. The minimum Gasteiger partial charge on any atom is -0.460 e. The number of aliphatic hydroxyl groups excluding tert-OH is 1. The molecule has 0 spiro atoms. The number of ether oxygens (including phenoxy) is 1. The Morgan fingerprint density at radius 3 is 2.44 bits per heavy atom. The van der Waals surface area contributed by atoms with Gasteiger partial charge in [0.25, 0.3) is 0 Å². The van der Waals surface area contributed by atoms with E-state index in [-0.39, 0.29) is 12.6 Å². The first kappa shape index (κ1) is 15.4. The molecule has 96 valence electrons. The summed E-state index contributed by atoms with van der Waals surface area (Å²) >= 11 is 0. The van der Waals surface area contributed by atoms with Crippen LogP contribution >= 0.6 is 0 Å². The summed E-state index contributed by atoms with van der Waals surface area (Å²) in [6.07, 6.45) is 4.11. The van der Waals surface area contributed by atoms with Gasteiger partial charge in [0, 0.05) is 19.4 Å². The largest absolute Gasteiger partial charge is 0.460 e. The number of unbranched alkanes of at least 4 members (excludes halogenated alkanes) is 1. The minimum atomic E-state index is -0.538. The Morgan fingerprint density at radius 2 is 1.94 bits per heavy atom. The molecule has 3 nitrogen and oxygen atoms in total. The number of hydrogen-bond acceptors (Lipinski definition) is 3. The van der Waals surface area contributed by atoms with E-state index in [9.17, 15) is 4.79 Å². The maximum absolute atomic E-state index is 11.5. The van der Waals surface area contributed by atoms with Gasteiger partial charge in [0.15, 0.2) is 0 Å². The number of aliphatic hydroxyl groups is 1. The van der Waals surface area contributed by atoms with Crippen molar-refractivity contribution >= 4 is 5.97 Å². The van der Waals surface area contributed by atoms with Crippen LogP contribution in [0.3, 0.4) is 0 Å². The van der Waals surface area contributed by atoms with Gasteiger partial charge in [-0.05, 0) is 26.2 Å². The summed E-state index contributed by atoms with van der Waals surface area (Å²) in [5.74, 6) is 0.545. The van der Waals surface area contributed by atoms with Crippen LogP contribution in [0.5, 0.6) is 0 Å². The zero-order valence-corrected chi connectivity index (χ0v) is 11.1. The van der Waals surface area contributed by atoms with Gasteiger partial charge in [-0.25, -0.2) is 0 Å². The second-order valence-corrected chi connectivity index (χ2v) is 5.35. The van der Waals surface area contributed by atoms with Crippen LogP contribution in [-0.2, 0) is 9.53 Å². The maximum atomic E-state index is 11.5. The van der Waals surface area contributed by atoms with E-state index in [0.717, 1.165) is 19.3 Å². The highest BCUT2D eigenvalue weighted by atomic mass is 16.6. The molecule has 16 heavy (non-hydrogen) atoms. The van der Waals surface area contributed by atoms with E-state index < -0.39 is 5.60 Å². The first-order valence-corrected chi connectivity index (χ1v) is 6.20. The molecule has 0 heterocycles. The molecule has 0 unspecified atom stereocenters. The van der Waals surface area contributed by atoms with Gasteiger partial charge in [-0.1, -0.05) is 26.7 Å². The number of rotatable bonds is 8. The summed E-state index contributed by atoms with van der Waals surface area (Å²) in [6, 6.07) is 0. The molecule has 0 radical (unpaired) electrons. The van der Waals surface area contributed by atoms with Crippen molar-refractivity contribution in [2.75, 3.05) is 6.61 Å². The first-order chi connectivity index (χ1) is 7.37. The molecule has 0 atom stereocenters. The lowest BCUT2D eigenvalue weighted by Crippen LogP contribution is -2.29. The molecule has 3 heteroatoms. The molecule has 0 aliphatic carbocycles. The lowest BCUT2D eigenvalue weighted by atomic mass is 10.0. The monoisotopic (exact) mass is 230 g/mol. The van der Waals surface area contributed by atoms with E-state index in [1.807, 2.05) is 13.8 Å². The molecular weight excluding hydrogens is 204 g/mol. The molecule has 0 amide bonds. The smallest absolute Gasteiger partial charge is 0.306 e. The Labute approximate surface area is 99.2 Å². The van der Waals surface area contributed by atoms with Gasteiger partial charge in [0.2, 0.25) is 0 Å². The lowest BCUT2D eigenvalue weighted by Gasteiger charge is -2.24.